The van der Waals surface area contributed by atoms with Crippen LogP contribution in [0.3, 0.4) is 0 Å². The van der Waals surface area contributed by atoms with Gasteiger partial charge in [-0.15, -0.1) is 0 Å². The predicted octanol–water partition coefficient (Wildman–Crippen LogP) is 4.88. The Hall–Kier alpha value is -1.67. The van der Waals surface area contributed by atoms with E-state index >= 15 is 0 Å². The maximum atomic E-state index is 5.67. The first-order valence-corrected chi connectivity index (χ1v) is 7.19. The van der Waals surface area contributed by atoms with Crippen LogP contribution in [0.4, 0.5) is 0 Å². The third-order valence-electron chi connectivity index (χ3n) is 3.20. The molecule has 0 aromatic heterocycles. The van der Waals surface area contributed by atoms with Crippen molar-refractivity contribution in [3.63, 3.8) is 0 Å². The van der Waals surface area contributed by atoms with Crippen LogP contribution in [0.2, 0.25) is 0 Å². The fourth-order valence-corrected chi connectivity index (χ4v) is 2.10. The van der Waals surface area contributed by atoms with Crippen LogP contribution in [0.1, 0.15) is 37.5 Å². The number of benzene rings is 2. The number of hydrogen-bond donors (Lipinski definition) is 0. The van der Waals surface area contributed by atoms with E-state index in [1.807, 2.05) is 30.3 Å². The number of rotatable bonds is 3. The van der Waals surface area contributed by atoms with E-state index in [-0.39, 0.29) is 5.41 Å². The van der Waals surface area contributed by atoms with Gasteiger partial charge in [-0.1, -0.05) is 75.4 Å². The highest BCUT2D eigenvalue weighted by molar-refractivity contribution is 7.80. The van der Waals surface area contributed by atoms with Crippen molar-refractivity contribution in [3.05, 3.63) is 71.3 Å². The van der Waals surface area contributed by atoms with Crippen LogP contribution < -0.4 is 0 Å². The number of thiocarbonyl (C=S) groups is 1. The first-order valence-electron chi connectivity index (χ1n) is 6.78. The Balaban J connectivity index is 1.96. The van der Waals surface area contributed by atoms with Gasteiger partial charge in [0.2, 0.25) is 0 Å². The van der Waals surface area contributed by atoms with Gasteiger partial charge in [0.1, 0.15) is 6.61 Å². The molecule has 0 fully saturated rings. The minimum atomic E-state index is 0.179. The van der Waals surface area contributed by atoms with Crippen molar-refractivity contribution in [2.24, 2.45) is 0 Å². The van der Waals surface area contributed by atoms with E-state index in [2.05, 4.69) is 45.0 Å². The van der Waals surface area contributed by atoms with Crippen molar-refractivity contribution in [2.45, 2.75) is 32.8 Å². The van der Waals surface area contributed by atoms with Crippen LogP contribution >= 0.6 is 12.2 Å². The van der Waals surface area contributed by atoms with Gasteiger partial charge in [-0.3, -0.25) is 0 Å². The number of ether oxygens (including phenoxy) is 1. The van der Waals surface area contributed by atoms with Gasteiger partial charge in [-0.05, 0) is 28.8 Å². The molecule has 0 heterocycles. The van der Waals surface area contributed by atoms with Crippen molar-refractivity contribution < 1.29 is 4.74 Å². The standard InChI is InChI=1S/C18H20OS/c1-18(2,3)16-11-9-14(10-12-16)13-19-17(20)15-7-5-4-6-8-15/h4-12H,13H2,1-3H3. The second-order valence-corrected chi connectivity index (χ2v) is 6.26. The molecular formula is C18H20OS. The molecular weight excluding hydrogens is 264 g/mol. The normalized spacial score (nSPS) is 11.2. The van der Waals surface area contributed by atoms with Gasteiger partial charge in [-0.2, -0.15) is 0 Å². The molecule has 2 aromatic carbocycles. The Morgan fingerprint density at radius 2 is 1.55 bits per heavy atom. The summed E-state index contributed by atoms with van der Waals surface area (Å²) in [6.45, 7) is 7.15. The molecule has 2 aromatic rings. The molecule has 2 heteroatoms. The van der Waals surface area contributed by atoms with Gasteiger partial charge in [0.25, 0.3) is 0 Å². The summed E-state index contributed by atoms with van der Waals surface area (Å²) in [5.74, 6) is 0. The van der Waals surface area contributed by atoms with Gasteiger partial charge in [0.05, 0.1) is 0 Å². The molecule has 20 heavy (non-hydrogen) atoms. The first kappa shape index (κ1) is 14.7. The Kier molecular flexibility index (Phi) is 4.56. The lowest BCUT2D eigenvalue weighted by atomic mass is 9.87. The van der Waals surface area contributed by atoms with Gasteiger partial charge in [0, 0.05) is 5.56 Å². The molecule has 0 spiro atoms. The lowest BCUT2D eigenvalue weighted by molar-refractivity contribution is 0.302. The first-order chi connectivity index (χ1) is 9.47. The molecule has 0 N–H and O–H groups in total. The molecule has 0 aliphatic carbocycles. The highest BCUT2D eigenvalue weighted by Gasteiger charge is 2.12. The molecule has 1 nitrogen and oxygen atoms in total. The molecule has 0 aliphatic heterocycles. The zero-order valence-corrected chi connectivity index (χ0v) is 13.0. The zero-order chi connectivity index (χ0) is 14.6. The van der Waals surface area contributed by atoms with E-state index in [1.165, 1.54) is 5.56 Å². The van der Waals surface area contributed by atoms with Gasteiger partial charge in [-0.25, -0.2) is 0 Å². The van der Waals surface area contributed by atoms with Crippen LogP contribution in [-0.4, -0.2) is 5.05 Å². The van der Waals surface area contributed by atoms with Crippen LogP contribution in [0.25, 0.3) is 0 Å². The van der Waals surface area contributed by atoms with E-state index in [4.69, 9.17) is 17.0 Å². The Morgan fingerprint density at radius 3 is 2.10 bits per heavy atom. The Labute approximate surface area is 126 Å². The third kappa shape index (κ3) is 3.91. The lowest BCUT2D eigenvalue weighted by Crippen LogP contribution is -2.11. The van der Waals surface area contributed by atoms with Crippen molar-refractivity contribution in [3.8, 4) is 0 Å². The topological polar surface area (TPSA) is 9.23 Å². The van der Waals surface area contributed by atoms with E-state index in [0.29, 0.717) is 11.7 Å². The highest BCUT2D eigenvalue weighted by Crippen LogP contribution is 2.22. The SMILES string of the molecule is CC(C)(C)c1ccc(COC(=S)c2ccccc2)cc1. The second kappa shape index (κ2) is 6.19. The average Bonchev–Trinajstić information content (AvgIpc) is 2.45. The summed E-state index contributed by atoms with van der Waals surface area (Å²) in [6, 6.07) is 18.3. The van der Waals surface area contributed by atoms with Crippen molar-refractivity contribution in [2.75, 3.05) is 0 Å². The van der Waals surface area contributed by atoms with E-state index < -0.39 is 0 Å². The van der Waals surface area contributed by atoms with Crippen molar-refractivity contribution in [1.29, 1.82) is 0 Å². The molecule has 0 atom stereocenters. The lowest BCUT2D eigenvalue weighted by Gasteiger charge is -2.19. The molecule has 0 radical (unpaired) electrons. The molecule has 0 saturated heterocycles. The summed E-state index contributed by atoms with van der Waals surface area (Å²) in [4.78, 5) is 0. The van der Waals surface area contributed by atoms with Crippen LogP contribution in [0.15, 0.2) is 54.6 Å². The van der Waals surface area contributed by atoms with Crippen molar-refractivity contribution in [1.82, 2.24) is 0 Å². The Morgan fingerprint density at radius 1 is 0.950 bits per heavy atom. The van der Waals surface area contributed by atoms with Crippen LogP contribution in [0.5, 0.6) is 0 Å². The largest absolute Gasteiger partial charge is 0.478 e. The molecule has 0 amide bonds. The minimum absolute atomic E-state index is 0.179. The maximum Gasteiger partial charge on any atom is 0.191 e. The smallest absolute Gasteiger partial charge is 0.191 e. The van der Waals surface area contributed by atoms with E-state index in [0.717, 1.165) is 11.1 Å². The minimum Gasteiger partial charge on any atom is -0.478 e. The molecule has 0 unspecified atom stereocenters. The summed E-state index contributed by atoms with van der Waals surface area (Å²) < 4.78 is 5.67. The van der Waals surface area contributed by atoms with Crippen molar-refractivity contribution >= 4 is 17.3 Å². The molecule has 2 rings (SSSR count). The van der Waals surface area contributed by atoms with Gasteiger partial charge < -0.3 is 4.74 Å². The maximum absolute atomic E-state index is 5.67. The predicted molar refractivity (Wildman–Crippen MR) is 88.1 cm³/mol. The fraction of sp³-hybridized carbons (Fsp3) is 0.278. The number of hydrogen-bond acceptors (Lipinski definition) is 2. The van der Waals surface area contributed by atoms with Crippen LogP contribution in [-0.2, 0) is 16.8 Å². The van der Waals surface area contributed by atoms with E-state index in [9.17, 15) is 0 Å². The van der Waals surface area contributed by atoms with E-state index in [1.54, 1.807) is 0 Å². The van der Waals surface area contributed by atoms with Gasteiger partial charge in [0.15, 0.2) is 5.05 Å². The summed E-state index contributed by atoms with van der Waals surface area (Å²) in [6.07, 6.45) is 0. The summed E-state index contributed by atoms with van der Waals surface area (Å²) >= 11 is 5.28. The Bertz CT molecular complexity index is 565. The van der Waals surface area contributed by atoms with Crippen LogP contribution in [0, 0.1) is 0 Å². The summed E-state index contributed by atoms with van der Waals surface area (Å²) in [5.41, 5.74) is 3.59. The molecule has 0 aliphatic rings. The molecule has 0 bridgehead atoms. The van der Waals surface area contributed by atoms with Gasteiger partial charge >= 0.3 is 0 Å². The zero-order valence-electron chi connectivity index (χ0n) is 12.2. The second-order valence-electron chi connectivity index (χ2n) is 5.89. The fourth-order valence-electron chi connectivity index (χ4n) is 1.91. The quantitative estimate of drug-likeness (QED) is 0.743. The monoisotopic (exact) mass is 284 g/mol. The highest BCUT2D eigenvalue weighted by atomic mass is 32.1. The molecule has 104 valence electrons. The summed E-state index contributed by atoms with van der Waals surface area (Å²) in [5, 5.41) is 0.547. The summed E-state index contributed by atoms with van der Waals surface area (Å²) in [7, 11) is 0. The molecule has 0 saturated carbocycles. The third-order valence-corrected chi connectivity index (χ3v) is 3.55. The average molecular weight is 284 g/mol.